The molecule has 0 bridgehead atoms. The van der Waals surface area contributed by atoms with Crippen LogP contribution >= 0.6 is 19.0 Å². The highest BCUT2D eigenvalue weighted by Crippen LogP contribution is 2.56. The van der Waals surface area contributed by atoms with Crippen LogP contribution in [0.4, 0.5) is 0 Å². The van der Waals surface area contributed by atoms with Gasteiger partial charge < -0.3 is 0 Å². The fourth-order valence-corrected chi connectivity index (χ4v) is 8.58. The van der Waals surface area contributed by atoms with E-state index in [9.17, 15) is 0 Å². The quantitative estimate of drug-likeness (QED) is 0.479. The second kappa shape index (κ2) is 7.34. The average Bonchev–Trinajstić information content (AvgIpc) is 2.65. The summed E-state index contributed by atoms with van der Waals surface area (Å²) >= 11 is 1.85. The molecule has 3 rings (SSSR count). The molecular formula is C21H22PS+. The number of benzene rings is 3. The van der Waals surface area contributed by atoms with Crippen LogP contribution in [0.1, 0.15) is 6.92 Å². The Labute approximate surface area is 144 Å². The third-order valence-electron chi connectivity index (χ3n) is 4.36. The lowest BCUT2D eigenvalue weighted by Gasteiger charge is -2.27. The number of hydrogen-bond donors (Lipinski definition) is 0. The zero-order chi connectivity index (χ0) is 16.1. The fraction of sp³-hybridized carbons (Fsp3) is 0.143. The van der Waals surface area contributed by atoms with Crippen LogP contribution in [0.3, 0.4) is 0 Å². The summed E-state index contributed by atoms with van der Waals surface area (Å²) in [6.45, 7) is 2.34. The topological polar surface area (TPSA) is 0 Å². The van der Waals surface area contributed by atoms with Gasteiger partial charge in [0.1, 0.15) is 23.2 Å². The molecule has 0 aliphatic rings. The molecule has 0 aliphatic heterocycles. The Balaban J connectivity index is 2.34. The van der Waals surface area contributed by atoms with Crippen molar-refractivity contribution in [2.45, 2.75) is 11.8 Å². The molecule has 0 heterocycles. The summed E-state index contributed by atoms with van der Waals surface area (Å²) in [6.07, 6.45) is 3.32. The molecule has 3 aromatic carbocycles. The van der Waals surface area contributed by atoms with Gasteiger partial charge in [0.25, 0.3) is 0 Å². The van der Waals surface area contributed by atoms with Crippen LogP contribution in [-0.2, 0) is 0 Å². The van der Waals surface area contributed by atoms with Gasteiger partial charge >= 0.3 is 0 Å². The Kier molecular flexibility index (Phi) is 5.20. The maximum atomic E-state index is 2.34. The van der Waals surface area contributed by atoms with E-state index in [0.29, 0.717) is 0 Å². The molecular weight excluding hydrogens is 315 g/mol. The van der Waals surface area contributed by atoms with Crippen molar-refractivity contribution in [2.24, 2.45) is 0 Å². The first-order valence-electron chi connectivity index (χ1n) is 7.96. The van der Waals surface area contributed by atoms with Crippen molar-refractivity contribution in [2.75, 3.05) is 12.4 Å². The van der Waals surface area contributed by atoms with Gasteiger partial charge in [-0.3, -0.25) is 0 Å². The second-order valence-electron chi connectivity index (χ2n) is 5.47. The summed E-state index contributed by atoms with van der Waals surface area (Å²) in [7, 11) is -1.61. The highest BCUT2D eigenvalue weighted by atomic mass is 32.2. The Hall–Kier alpha value is -1.56. The minimum atomic E-state index is -1.61. The molecule has 0 saturated heterocycles. The van der Waals surface area contributed by atoms with E-state index in [1.165, 1.54) is 20.8 Å². The van der Waals surface area contributed by atoms with E-state index in [0.717, 1.165) is 6.16 Å². The van der Waals surface area contributed by atoms with Crippen LogP contribution in [0.2, 0.25) is 0 Å². The number of thioether (sulfide) groups is 1. The first-order chi connectivity index (χ1) is 11.3. The standard InChI is InChI=1S/C21H22PS/c1-3-22(18-12-6-4-7-13-18,19-14-8-5-9-15-19)20-16-10-11-17-21(20)23-2/h4-17H,3H2,1-2H3/q+1. The van der Waals surface area contributed by atoms with Gasteiger partial charge in [0.2, 0.25) is 0 Å². The molecule has 0 amide bonds. The second-order valence-corrected chi connectivity index (χ2v) is 10.1. The summed E-state index contributed by atoms with van der Waals surface area (Å²) in [5.41, 5.74) is 0. The molecule has 0 spiro atoms. The predicted molar refractivity (Wildman–Crippen MR) is 107 cm³/mol. The lowest BCUT2D eigenvalue weighted by atomic mass is 10.3. The molecule has 23 heavy (non-hydrogen) atoms. The van der Waals surface area contributed by atoms with Crippen molar-refractivity contribution >= 4 is 34.9 Å². The first-order valence-corrected chi connectivity index (χ1v) is 11.2. The lowest BCUT2D eigenvalue weighted by molar-refractivity contribution is 1.46. The van der Waals surface area contributed by atoms with E-state index in [1.807, 2.05) is 11.8 Å². The van der Waals surface area contributed by atoms with E-state index in [2.05, 4.69) is 98.1 Å². The monoisotopic (exact) mass is 337 g/mol. The summed E-state index contributed by atoms with van der Waals surface area (Å²) < 4.78 is 0. The molecule has 2 heteroatoms. The maximum absolute atomic E-state index is 2.34. The third-order valence-corrected chi connectivity index (χ3v) is 9.83. The van der Waals surface area contributed by atoms with Crippen molar-refractivity contribution < 1.29 is 0 Å². The summed E-state index contributed by atoms with van der Waals surface area (Å²) in [5.74, 6) is 0. The molecule has 0 fully saturated rings. The van der Waals surface area contributed by atoms with Gasteiger partial charge in [-0.15, -0.1) is 11.8 Å². The molecule has 0 nitrogen and oxygen atoms in total. The van der Waals surface area contributed by atoms with Gasteiger partial charge in [0.05, 0.1) is 11.1 Å². The van der Waals surface area contributed by atoms with Crippen molar-refractivity contribution in [3.05, 3.63) is 84.9 Å². The van der Waals surface area contributed by atoms with Crippen LogP contribution in [0.15, 0.2) is 89.8 Å². The van der Waals surface area contributed by atoms with Gasteiger partial charge in [0.15, 0.2) is 0 Å². The molecule has 3 aromatic rings. The van der Waals surface area contributed by atoms with Gasteiger partial charge in [-0.2, -0.15) is 0 Å². The van der Waals surface area contributed by atoms with Gasteiger partial charge in [-0.05, 0) is 49.6 Å². The zero-order valence-corrected chi connectivity index (χ0v) is 15.4. The minimum absolute atomic E-state index is 1.14. The van der Waals surface area contributed by atoms with Crippen molar-refractivity contribution in [1.82, 2.24) is 0 Å². The maximum Gasteiger partial charge on any atom is 0.118 e. The van der Waals surface area contributed by atoms with Crippen molar-refractivity contribution in [1.29, 1.82) is 0 Å². The Morgan fingerprint density at radius 2 is 1.17 bits per heavy atom. The lowest BCUT2D eigenvalue weighted by Crippen LogP contribution is -2.33. The normalized spacial score (nSPS) is 11.4. The minimum Gasteiger partial charge on any atom is -0.126 e. The largest absolute Gasteiger partial charge is 0.126 e. The molecule has 0 N–H and O–H groups in total. The number of rotatable bonds is 5. The van der Waals surface area contributed by atoms with Crippen LogP contribution in [0.25, 0.3) is 0 Å². The van der Waals surface area contributed by atoms with Crippen molar-refractivity contribution in [3.63, 3.8) is 0 Å². The SMILES string of the molecule is CC[P+](c1ccccc1)(c1ccccc1)c1ccccc1SC. The fourth-order valence-electron chi connectivity index (χ4n) is 3.27. The summed E-state index contributed by atoms with van der Waals surface area (Å²) in [6, 6.07) is 31.1. The van der Waals surface area contributed by atoms with Crippen LogP contribution in [-0.4, -0.2) is 12.4 Å². The molecule has 0 radical (unpaired) electrons. The first kappa shape index (κ1) is 16.3. The summed E-state index contributed by atoms with van der Waals surface area (Å²) in [5, 5.41) is 4.44. The summed E-state index contributed by atoms with van der Waals surface area (Å²) in [4.78, 5) is 1.40. The van der Waals surface area contributed by atoms with Gasteiger partial charge in [-0.25, -0.2) is 0 Å². The average molecular weight is 337 g/mol. The molecule has 0 saturated carbocycles. The van der Waals surface area contributed by atoms with E-state index < -0.39 is 7.26 Å². The Morgan fingerprint density at radius 1 is 0.696 bits per heavy atom. The van der Waals surface area contributed by atoms with E-state index in [1.54, 1.807) is 0 Å². The highest BCUT2D eigenvalue weighted by molar-refractivity contribution is 8.01. The van der Waals surface area contributed by atoms with Crippen LogP contribution in [0.5, 0.6) is 0 Å². The third kappa shape index (κ3) is 2.96. The van der Waals surface area contributed by atoms with E-state index >= 15 is 0 Å². The van der Waals surface area contributed by atoms with E-state index in [4.69, 9.17) is 0 Å². The number of hydrogen-bond acceptors (Lipinski definition) is 1. The zero-order valence-electron chi connectivity index (χ0n) is 13.6. The van der Waals surface area contributed by atoms with Gasteiger partial charge in [-0.1, -0.05) is 48.5 Å². The Morgan fingerprint density at radius 3 is 1.65 bits per heavy atom. The molecule has 0 unspecified atom stereocenters. The molecule has 0 aliphatic carbocycles. The highest BCUT2D eigenvalue weighted by Gasteiger charge is 2.44. The smallest absolute Gasteiger partial charge is 0.118 e. The molecule has 0 atom stereocenters. The molecule has 0 aromatic heterocycles. The Bertz CT molecular complexity index is 714. The van der Waals surface area contributed by atoms with E-state index in [-0.39, 0.29) is 0 Å². The predicted octanol–water partition coefficient (Wildman–Crippen LogP) is 4.72. The van der Waals surface area contributed by atoms with Crippen LogP contribution < -0.4 is 15.9 Å². The molecule has 116 valence electrons. The van der Waals surface area contributed by atoms with Gasteiger partial charge in [0, 0.05) is 0 Å². The van der Waals surface area contributed by atoms with Crippen molar-refractivity contribution in [3.8, 4) is 0 Å². The van der Waals surface area contributed by atoms with Crippen LogP contribution in [0, 0.1) is 0 Å².